The summed E-state index contributed by atoms with van der Waals surface area (Å²) in [5.41, 5.74) is 6.06. The van der Waals surface area contributed by atoms with Crippen LogP contribution in [0.4, 0.5) is 43.4 Å². The third-order valence-corrected chi connectivity index (χ3v) is 6.49. The number of carbonyl (C=O) groups excluding carboxylic acids is 1. The molecule has 5 nitrogen and oxygen atoms in total. The van der Waals surface area contributed by atoms with Gasteiger partial charge in [0.05, 0.1) is 22.5 Å². The maximum Gasteiger partial charge on any atom is 0.416 e. The molecule has 1 saturated heterocycles. The molecule has 3 aromatic carbocycles. The smallest absolute Gasteiger partial charge is 0.397 e. The van der Waals surface area contributed by atoms with Crippen LogP contribution in [0.1, 0.15) is 27.0 Å². The van der Waals surface area contributed by atoms with E-state index in [1.165, 1.54) is 4.90 Å². The van der Waals surface area contributed by atoms with Crippen molar-refractivity contribution in [2.45, 2.75) is 12.4 Å². The normalized spacial score (nSPS) is 14.8. The zero-order chi connectivity index (χ0) is 28.4. The molecule has 3 aromatic rings. The van der Waals surface area contributed by atoms with Gasteiger partial charge in [0.15, 0.2) is 0 Å². The summed E-state index contributed by atoms with van der Waals surface area (Å²) < 4.78 is 79.3. The van der Waals surface area contributed by atoms with Crippen molar-refractivity contribution in [1.82, 2.24) is 4.90 Å². The number of halogens is 6. The van der Waals surface area contributed by atoms with Crippen LogP contribution in [0.3, 0.4) is 0 Å². The molecule has 0 saturated carbocycles. The van der Waals surface area contributed by atoms with E-state index in [0.29, 0.717) is 36.6 Å². The standard InChI is InChI=1S/C28H26F6N4O/c1-18(19-6-8-20(9-7-19)26(39)36-25-5-3-2-4-24(25)35)17-37-10-12-38(13-11-37)23-15-21(27(29,30)31)14-22(16-23)28(32,33)34/h2-9,14-16H,1,10-13,17,35H2,(H,36,39). The van der Waals surface area contributed by atoms with Crippen molar-refractivity contribution in [3.63, 3.8) is 0 Å². The number of benzene rings is 3. The Morgan fingerprint density at radius 2 is 1.36 bits per heavy atom. The Hall–Kier alpha value is -3.99. The van der Waals surface area contributed by atoms with Crippen molar-refractivity contribution in [1.29, 1.82) is 0 Å². The van der Waals surface area contributed by atoms with Crippen LogP contribution in [0.25, 0.3) is 5.57 Å². The van der Waals surface area contributed by atoms with Crippen LogP contribution in [0.15, 0.2) is 73.3 Å². The van der Waals surface area contributed by atoms with Crippen molar-refractivity contribution < 1.29 is 31.1 Å². The first kappa shape index (κ1) is 28.0. The van der Waals surface area contributed by atoms with Crippen LogP contribution in [0.2, 0.25) is 0 Å². The van der Waals surface area contributed by atoms with E-state index in [0.717, 1.165) is 23.3 Å². The zero-order valence-electron chi connectivity index (χ0n) is 20.7. The van der Waals surface area contributed by atoms with Gasteiger partial charge in [-0.2, -0.15) is 26.3 Å². The Balaban J connectivity index is 1.36. The Morgan fingerprint density at radius 1 is 0.821 bits per heavy atom. The molecule has 39 heavy (non-hydrogen) atoms. The number of amides is 1. The topological polar surface area (TPSA) is 61.6 Å². The number of nitrogens with two attached hydrogens (primary N) is 1. The maximum absolute atomic E-state index is 13.2. The molecule has 0 aromatic heterocycles. The molecule has 0 radical (unpaired) electrons. The first-order valence-electron chi connectivity index (χ1n) is 12.0. The van der Waals surface area contributed by atoms with Crippen LogP contribution in [-0.2, 0) is 12.4 Å². The number of anilines is 3. The molecule has 1 heterocycles. The molecular weight excluding hydrogens is 522 g/mol. The summed E-state index contributed by atoms with van der Waals surface area (Å²) in [5.74, 6) is -0.315. The van der Waals surface area contributed by atoms with E-state index < -0.39 is 23.5 Å². The van der Waals surface area contributed by atoms with Crippen LogP contribution in [-0.4, -0.2) is 43.5 Å². The lowest BCUT2D eigenvalue weighted by Gasteiger charge is -2.37. The number of carbonyl (C=O) groups is 1. The Morgan fingerprint density at radius 3 is 1.90 bits per heavy atom. The van der Waals surface area contributed by atoms with Crippen LogP contribution < -0.4 is 16.0 Å². The predicted octanol–water partition coefficient (Wildman–Crippen LogP) is 6.39. The minimum atomic E-state index is -4.89. The molecule has 0 atom stereocenters. The molecule has 206 valence electrons. The second-order valence-electron chi connectivity index (χ2n) is 9.25. The SMILES string of the molecule is C=C(CN1CCN(c2cc(C(F)(F)F)cc(C(F)(F)F)c2)CC1)c1ccc(C(=O)Nc2ccccc2N)cc1. The maximum atomic E-state index is 13.2. The quantitative estimate of drug-likeness (QED) is 0.277. The van der Waals surface area contributed by atoms with Gasteiger partial charge in [0.2, 0.25) is 0 Å². The van der Waals surface area contributed by atoms with Crippen molar-refractivity contribution >= 4 is 28.5 Å². The largest absolute Gasteiger partial charge is 0.416 e. The van der Waals surface area contributed by atoms with E-state index in [4.69, 9.17) is 5.73 Å². The van der Waals surface area contributed by atoms with Crippen LogP contribution in [0, 0.1) is 0 Å². The number of nitrogen functional groups attached to an aromatic ring is 1. The highest BCUT2D eigenvalue weighted by Gasteiger charge is 2.37. The van der Waals surface area contributed by atoms with Crippen LogP contribution in [0.5, 0.6) is 0 Å². The second kappa shape index (κ2) is 11.0. The van der Waals surface area contributed by atoms with E-state index in [-0.39, 0.29) is 30.8 Å². The lowest BCUT2D eigenvalue weighted by atomic mass is 10.0. The summed E-state index contributed by atoms with van der Waals surface area (Å²) in [6.45, 7) is 5.93. The molecule has 1 aliphatic rings. The summed E-state index contributed by atoms with van der Waals surface area (Å²) in [7, 11) is 0. The van der Waals surface area contributed by atoms with Crippen molar-refractivity contribution in [2.24, 2.45) is 0 Å². The summed E-state index contributed by atoms with van der Waals surface area (Å²) >= 11 is 0. The number of piperazine rings is 1. The van der Waals surface area contributed by atoms with E-state index in [2.05, 4.69) is 11.9 Å². The number of nitrogens with one attached hydrogen (secondary N) is 1. The number of hydrogen-bond acceptors (Lipinski definition) is 4. The fraction of sp³-hybridized carbons (Fsp3) is 0.250. The van der Waals surface area contributed by atoms with Gasteiger partial charge in [-0.3, -0.25) is 9.69 Å². The first-order valence-corrected chi connectivity index (χ1v) is 12.0. The third kappa shape index (κ3) is 6.91. The monoisotopic (exact) mass is 548 g/mol. The molecular formula is C28H26F6N4O. The lowest BCUT2D eigenvalue weighted by molar-refractivity contribution is -0.143. The first-order chi connectivity index (χ1) is 18.3. The van der Waals surface area contributed by atoms with Crippen molar-refractivity contribution in [2.75, 3.05) is 48.7 Å². The van der Waals surface area contributed by atoms with Gasteiger partial charge in [-0.25, -0.2) is 0 Å². The lowest BCUT2D eigenvalue weighted by Crippen LogP contribution is -2.46. The van der Waals surface area contributed by atoms with E-state index in [9.17, 15) is 31.1 Å². The zero-order valence-corrected chi connectivity index (χ0v) is 20.7. The van der Waals surface area contributed by atoms with Gasteiger partial charge >= 0.3 is 12.4 Å². The Labute approximate surface area is 221 Å². The number of para-hydroxylation sites is 2. The third-order valence-electron chi connectivity index (χ3n) is 6.49. The second-order valence-corrected chi connectivity index (χ2v) is 9.25. The van der Waals surface area contributed by atoms with Gasteiger partial charge in [0.25, 0.3) is 5.91 Å². The molecule has 0 unspecified atom stereocenters. The van der Waals surface area contributed by atoms with E-state index in [1.807, 2.05) is 4.90 Å². The van der Waals surface area contributed by atoms with Crippen LogP contribution >= 0.6 is 0 Å². The Bertz CT molecular complexity index is 1310. The Kier molecular flexibility index (Phi) is 7.91. The number of nitrogens with zero attached hydrogens (tertiary/aromatic N) is 2. The minimum Gasteiger partial charge on any atom is -0.397 e. The van der Waals surface area contributed by atoms with Crippen molar-refractivity contribution in [3.05, 3.63) is 95.6 Å². The minimum absolute atomic E-state index is 0.109. The average molecular weight is 549 g/mol. The average Bonchev–Trinajstić information content (AvgIpc) is 2.89. The van der Waals surface area contributed by atoms with Gasteiger partial charge in [0, 0.05) is 44.0 Å². The fourth-order valence-corrected chi connectivity index (χ4v) is 4.31. The fourth-order valence-electron chi connectivity index (χ4n) is 4.31. The molecule has 0 aliphatic carbocycles. The van der Waals surface area contributed by atoms with Gasteiger partial charge in [-0.15, -0.1) is 0 Å². The summed E-state index contributed by atoms with van der Waals surface area (Å²) in [6.07, 6.45) is -9.78. The molecule has 11 heteroatoms. The highest BCUT2D eigenvalue weighted by Crippen LogP contribution is 2.38. The van der Waals surface area contributed by atoms with Gasteiger partial charge in [-0.05, 0) is 53.6 Å². The number of alkyl halides is 6. The number of rotatable bonds is 6. The molecule has 4 rings (SSSR count). The van der Waals surface area contributed by atoms with Crippen molar-refractivity contribution in [3.8, 4) is 0 Å². The summed E-state index contributed by atoms with van der Waals surface area (Å²) in [4.78, 5) is 16.1. The van der Waals surface area contributed by atoms with Gasteiger partial charge in [0.1, 0.15) is 0 Å². The highest BCUT2D eigenvalue weighted by atomic mass is 19.4. The van der Waals surface area contributed by atoms with Gasteiger partial charge in [-0.1, -0.05) is 30.8 Å². The van der Waals surface area contributed by atoms with Gasteiger partial charge < -0.3 is 16.0 Å². The molecule has 1 aliphatic heterocycles. The van der Waals surface area contributed by atoms with E-state index in [1.54, 1.807) is 48.5 Å². The van der Waals surface area contributed by atoms with E-state index >= 15 is 0 Å². The molecule has 3 N–H and O–H groups in total. The highest BCUT2D eigenvalue weighted by molar-refractivity contribution is 6.05. The molecule has 1 fully saturated rings. The summed E-state index contributed by atoms with van der Waals surface area (Å²) in [5, 5.41) is 2.76. The molecule has 0 spiro atoms. The summed E-state index contributed by atoms with van der Waals surface area (Å²) in [6, 6.07) is 15.4. The molecule has 1 amide bonds. The molecule has 0 bridgehead atoms. The number of hydrogen-bond donors (Lipinski definition) is 2. The predicted molar refractivity (Wildman–Crippen MR) is 139 cm³/mol.